The predicted molar refractivity (Wildman–Crippen MR) is 73.0 cm³/mol. The Morgan fingerprint density at radius 3 is 2.55 bits per heavy atom. The van der Waals surface area contributed by atoms with Crippen molar-refractivity contribution in [2.45, 2.75) is 19.1 Å². The maximum absolute atomic E-state index is 12.7. The monoisotopic (exact) mass is 318 g/mol. The standard InChI is InChI=1S/C14H17F3N2O3/c1-18-12(20)9-19(6-5-13(21)22)8-10-3-2-4-11(7-10)14(15,16)17/h2-4,7H,5-6,8-9H2,1H3,(H,18,20)(H,21,22). The number of carbonyl (C=O) groups is 2. The number of carboxylic acids is 1. The van der Waals surface area contributed by atoms with Crippen LogP contribution in [0.1, 0.15) is 17.5 Å². The number of carboxylic acid groups (broad SMARTS) is 1. The average molecular weight is 318 g/mol. The van der Waals surface area contributed by atoms with Crippen molar-refractivity contribution in [1.29, 1.82) is 0 Å². The number of hydrogen-bond acceptors (Lipinski definition) is 3. The van der Waals surface area contributed by atoms with E-state index in [1.807, 2.05) is 0 Å². The zero-order chi connectivity index (χ0) is 16.8. The number of halogens is 3. The summed E-state index contributed by atoms with van der Waals surface area (Å²) < 4.78 is 38.0. The first kappa shape index (κ1) is 18.0. The van der Waals surface area contributed by atoms with Crippen LogP contribution in [-0.4, -0.2) is 42.0 Å². The van der Waals surface area contributed by atoms with Gasteiger partial charge in [0, 0.05) is 20.1 Å². The van der Waals surface area contributed by atoms with E-state index >= 15 is 0 Å². The fourth-order valence-corrected chi connectivity index (χ4v) is 1.85. The number of rotatable bonds is 7. The van der Waals surface area contributed by atoms with E-state index in [1.165, 1.54) is 24.1 Å². The van der Waals surface area contributed by atoms with Gasteiger partial charge in [-0.25, -0.2) is 0 Å². The van der Waals surface area contributed by atoms with Crippen LogP contribution in [0.2, 0.25) is 0 Å². The molecule has 0 aromatic heterocycles. The largest absolute Gasteiger partial charge is 0.481 e. The second-order valence-electron chi connectivity index (χ2n) is 4.73. The molecule has 1 aromatic rings. The Labute approximate surface area is 125 Å². The number of carbonyl (C=O) groups excluding carboxylic acids is 1. The van der Waals surface area contributed by atoms with Crippen LogP contribution in [0.3, 0.4) is 0 Å². The van der Waals surface area contributed by atoms with Crippen molar-refractivity contribution >= 4 is 11.9 Å². The second-order valence-corrected chi connectivity index (χ2v) is 4.73. The van der Waals surface area contributed by atoms with E-state index in [0.29, 0.717) is 5.56 Å². The Bertz CT molecular complexity index is 532. The van der Waals surface area contributed by atoms with Gasteiger partial charge in [0.2, 0.25) is 5.91 Å². The SMILES string of the molecule is CNC(=O)CN(CCC(=O)O)Cc1cccc(C(F)(F)F)c1. The van der Waals surface area contributed by atoms with Gasteiger partial charge in [-0.15, -0.1) is 0 Å². The highest BCUT2D eigenvalue weighted by Gasteiger charge is 2.30. The Balaban J connectivity index is 2.83. The molecule has 0 atom stereocenters. The van der Waals surface area contributed by atoms with Gasteiger partial charge < -0.3 is 10.4 Å². The maximum Gasteiger partial charge on any atom is 0.416 e. The molecule has 0 aliphatic heterocycles. The molecular formula is C14H17F3N2O3. The smallest absolute Gasteiger partial charge is 0.416 e. The van der Waals surface area contributed by atoms with E-state index in [-0.39, 0.29) is 32.0 Å². The number of aliphatic carboxylic acids is 1. The van der Waals surface area contributed by atoms with Gasteiger partial charge in [0.05, 0.1) is 18.5 Å². The highest BCUT2D eigenvalue weighted by Crippen LogP contribution is 2.29. The molecule has 0 fully saturated rings. The van der Waals surface area contributed by atoms with Crippen LogP contribution in [-0.2, 0) is 22.3 Å². The van der Waals surface area contributed by atoms with E-state index in [1.54, 1.807) is 0 Å². The first-order valence-corrected chi connectivity index (χ1v) is 6.53. The Hall–Kier alpha value is -2.09. The second kappa shape index (κ2) is 7.79. The third-order valence-electron chi connectivity index (χ3n) is 2.95. The lowest BCUT2D eigenvalue weighted by molar-refractivity contribution is -0.138. The summed E-state index contributed by atoms with van der Waals surface area (Å²) in [5.74, 6) is -1.37. The van der Waals surface area contributed by atoms with Crippen molar-refractivity contribution in [2.24, 2.45) is 0 Å². The van der Waals surface area contributed by atoms with Gasteiger partial charge in [-0.2, -0.15) is 13.2 Å². The van der Waals surface area contributed by atoms with Gasteiger partial charge in [-0.05, 0) is 11.6 Å². The summed E-state index contributed by atoms with van der Waals surface area (Å²) in [4.78, 5) is 23.5. The third-order valence-corrected chi connectivity index (χ3v) is 2.95. The molecule has 22 heavy (non-hydrogen) atoms. The van der Waals surface area contributed by atoms with Gasteiger partial charge >= 0.3 is 12.1 Å². The molecule has 1 aromatic carbocycles. The minimum atomic E-state index is -4.44. The number of nitrogens with one attached hydrogen (secondary N) is 1. The molecular weight excluding hydrogens is 301 g/mol. The summed E-state index contributed by atoms with van der Waals surface area (Å²) in [7, 11) is 1.43. The molecule has 0 unspecified atom stereocenters. The lowest BCUT2D eigenvalue weighted by Crippen LogP contribution is -2.36. The fourth-order valence-electron chi connectivity index (χ4n) is 1.85. The Kier molecular flexibility index (Phi) is 6.36. The van der Waals surface area contributed by atoms with Crippen molar-refractivity contribution in [3.63, 3.8) is 0 Å². The Morgan fingerprint density at radius 2 is 2.00 bits per heavy atom. The molecule has 0 heterocycles. The number of nitrogens with zero attached hydrogens (tertiary/aromatic N) is 1. The van der Waals surface area contributed by atoms with E-state index < -0.39 is 17.7 Å². The molecule has 0 saturated heterocycles. The van der Waals surface area contributed by atoms with E-state index in [0.717, 1.165) is 12.1 Å². The summed E-state index contributed by atoms with van der Waals surface area (Å²) in [6, 6.07) is 4.75. The predicted octanol–water partition coefficient (Wildman–Crippen LogP) is 1.73. The molecule has 8 heteroatoms. The molecule has 0 radical (unpaired) electrons. The zero-order valence-corrected chi connectivity index (χ0v) is 12.0. The maximum atomic E-state index is 12.7. The van der Waals surface area contributed by atoms with Crippen molar-refractivity contribution in [3.05, 3.63) is 35.4 Å². The summed E-state index contributed by atoms with van der Waals surface area (Å²) >= 11 is 0. The molecule has 122 valence electrons. The first-order valence-electron chi connectivity index (χ1n) is 6.53. The number of benzene rings is 1. The fraction of sp³-hybridized carbons (Fsp3) is 0.429. The number of alkyl halides is 3. The number of amides is 1. The quantitative estimate of drug-likeness (QED) is 0.803. The number of hydrogen-bond donors (Lipinski definition) is 2. The lowest BCUT2D eigenvalue weighted by atomic mass is 10.1. The molecule has 0 spiro atoms. The summed E-state index contributed by atoms with van der Waals surface area (Å²) in [6.45, 7) is 0.0453. The molecule has 1 rings (SSSR count). The molecule has 2 N–H and O–H groups in total. The van der Waals surface area contributed by atoms with E-state index in [4.69, 9.17) is 5.11 Å². The van der Waals surface area contributed by atoms with Gasteiger partial charge in [0.15, 0.2) is 0 Å². The molecule has 0 saturated carbocycles. The molecule has 1 amide bonds. The van der Waals surface area contributed by atoms with Crippen molar-refractivity contribution in [2.75, 3.05) is 20.1 Å². The van der Waals surface area contributed by atoms with Gasteiger partial charge in [0.25, 0.3) is 0 Å². The highest BCUT2D eigenvalue weighted by molar-refractivity contribution is 5.77. The minimum Gasteiger partial charge on any atom is -0.481 e. The molecule has 0 bridgehead atoms. The van der Waals surface area contributed by atoms with Gasteiger partial charge in [-0.1, -0.05) is 18.2 Å². The van der Waals surface area contributed by atoms with E-state index in [2.05, 4.69) is 5.32 Å². The van der Waals surface area contributed by atoms with Crippen LogP contribution < -0.4 is 5.32 Å². The molecule has 0 aliphatic carbocycles. The van der Waals surface area contributed by atoms with Crippen LogP contribution in [0.25, 0.3) is 0 Å². The van der Waals surface area contributed by atoms with Crippen LogP contribution in [0.15, 0.2) is 24.3 Å². The van der Waals surface area contributed by atoms with Crippen molar-refractivity contribution in [3.8, 4) is 0 Å². The van der Waals surface area contributed by atoms with Crippen LogP contribution in [0, 0.1) is 0 Å². The minimum absolute atomic E-state index is 0.0601. The zero-order valence-electron chi connectivity index (χ0n) is 12.0. The van der Waals surface area contributed by atoms with E-state index in [9.17, 15) is 22.8 Å². The topological polar surface area (TPSA) is 69.6 Å². The molecule has 0 aliphatic rings. The Morgan fingerprint density at radius 1 is 1.32 bits per heavy atom. The highest BCUT2D eigenvalue weighted by atomic mass is 19.4. The van der Waals surface area contributed by atoms with Crippen LogP contribution >= 0.6 is 0 Å². The van der Waals surface area contributed by atoms with Gasteiger partial charge in [-0.3, -0.25) is 14.5 Å². The average Bonchev–Trinajstić information content (AvgIpc) is 2.44. The van der Waals surface area contributed by atoms with Crippen LogP contribution in [0.5, 0.6) is 0 Å². The number of likely N-dealkylation sites (N-methyl/N-ethyl adjacent to an activating group) is 1. The first-order chi connectivity index (χ1) is 10.2. The van der Waals surface area contributed by atoms with Crippen molar-refractivity contribution < 1.29 is 27.9 Å². The lowest BCUT2D eigenvalue weighted by Gasteiger charge is -2.21. The summed E-state index contributed by atoms with van der Waals surface area (Å²) in [5, 5.41) is 11.1. The summed E-state index contributed by atoms with van der Waals surface area (Å²) in [5.41, 5.74) is -0.410. The normalized spacial score (nSPS) is 11.5. The van der Waals surface area contributed by atoms with Crippen molar-refractivity contribution in [1.82, 2.24) is 10.2 Å². The van der Waals surface area contributed by atoms with Gasteiger partial charge in [0.1, 0.15) is 0 Å². The summed E-state index contributed by atoms with van der Waals surface area (Å²) in [6.07, 6.45) is -4.64. The third kappa shape index (κ3) is 6.13. The van der Waals surface area contributed by atoms with Crippen LogP contribution in [0.4, 0.5) is 13.2 Å². The molecule has 5 nitrogen and oxygen atoms in total.